The van der Waals surface area contributed by atoms with E-state index >= 15 is 0 Å². The van der Waals surface area contributed by atoms with Gasteiger partial charge in [-0.25, -0.2) is 14.6 Å². The molecule has 4 aromatic heterocycles. The van der Waals surface area contributed by atoms with Gasteiger partial charge >= 0.3 is 0 Å². The normalized spacial score (nSPS) is 11.1. The van der Waals surface area contributed by atoms with Crippen molar-refractivity contribution in [2.45, 2.75) is 13.5 Å². The van der Waals surface area contributed by atoms with E-state index in [0.717, 1.165) is 5.69 Å². The minimum atomic E-state index is 0.124. The Balaban J connectivity index is 1.75. The van der Waals surface area contributed by atoms with Gasteiger partial charge in [0.15, 0.2) is 16.9 Å². The molecule has 0 atom stereocenters. The summed E-state index contributed by atoms with van der Waals surface area (Å²) in [5.74, 6) is 1.25. The molecule has 0 aliphatic heterocycles. The number of pyridine rings is 1. The van der Waals surface area contributed by atoms with Crippen LogP contribution in [0.25, 0.3) is 22.6 Å². The standard InChI is InChI=1S/C16H15N7O2/c1-2-24-12-7-3-5-10(18-12)9-23-15-14(21-22-23)13(19-16(17)20-15)11-6-4-8-25-11/h3-8H,2,9H2,1H3,(H2,17,19,20). The molecular formula is C16H15N7O2. The molecule has 25 heavy (non-hydrogen) atoms. The summed E-state index contributed by atoms with van der Waals surface area (Å²) >= 11 is 0. The first-order valence-electron chi connectivity index (χ1n) is 7.74. The van der Waals surface area contributed by atoms with Crippen LogP contribution in [-0.2, 0) is 6.54 Å². The van der Waals surface area contributed by atoms with E-state index in [2.05, 4.69) is 25.3 Å². The van der Waals surface area contributed by atoms with Crippen LogP contribution >= 0.6 is 0 Å². The zero-order chi connectivity index (χ0) is 17.2. The molecule has 0 amide bonds. The lowest BCUT2D eigenvalue weighted by molar-refractivity contribution is 0.325. The molecule has 0 aliphatic carbocycles. The SMILES string of the molecule is CCOc1cccc(Cn2nnc3c(-c4ccco4)nc(N)nc32)n1. The first-order chi connectivity index (χ1) is 12.2. The summed E-state index contributed by atoms with van der Waals surface area (Å²) in [6, 6.07) is 9.13. The first-order valence-corrected chi connectivity index (χ1v) is 7.74. The van der Waals surface area contributed by atoms with Gasteiger partial charge in [0.1, 0.15) is 5.69 Å². The fourth-order valence-corrected chi connectivity index (χ4v) is 2.49. The van der Waals surface area contributed by atoms with Gasteiger partial charge in [0.2, 0.25) is 11.8 Å². The smallest absolute Gasteiger partial charge is 0.222 e. The first kappa shape index (κ1) is 15.1. The highest BCUT2D eigenvalue weighted by molar-refractivity contribution is 5.85. The summed E-state index contributed by atoms with van der Waals surface area (Å²) in [4.78, 5) is 12.9. The van der Waals surface area contributed by atoms with Crippen LogP contribution < -0.4 is 10.5 Å². The van der Waals surface area contributed by atoms with E-state index in [0.29, 0.717) is 41.6 Å². The van der Waals surface area contributed by atoms with Crippen molar-refractivity contribution in [3.05, 3.63) is 42.3 Å². The molecule has 4 rings (SSSR count). The Labute approximate surface area is 142 Å². The number of hydrogen-bond donors (Lipinski definition) is 1. The molecular weight excluding hydrogens is 322 g/mol. The maximum absolute atomic E-state index is 5.85. The van der Waals surface area contributed by atoms with Crippen LogP contribution in [0.2, 0.25) is 0 Å². The molecule has 0 saturated heterocycles. The van der Waals surface area contributed by atoms with Crippen LogP contribution in [0.1, 0.15) is 12.6 Å². The molecule has 0 bridgehead atoms. The predicted octanol–water partition coefficient (Wildman–Crippen LogP) is 1.91. The Morgan fingerprint density at radius 3 is 2.88 bits per heavy atom. The molecule has 0 aliphatic rings. The van der Waals surface area contributed by atoms with Crippen molar-refractivity contribution in [2.75, 3.05) is 12.3 Å². The fourth-order valence-electron chi connectivity index (χ4n) is 2.49. The third-order valence-corrected chi connectivity index (χ3v) is 3.52. The van der Waals surface area contributed by atoms with Crippen LogP contribution in [0.3, 0.4) is 0 Å². The number of nitrogens with zero attached hydrogens (tertiary/aromatic N) is 6. The van der Waals surface area contributed by atoms with Crippen molar-refractivity contribution in [3.63, 3.8) is 0 Å². The molecule has 9 nitrogen and oxygen atoms in total. The zero-order valence-corrected chi connectivity index (χ0v) is 13.5. The van der Waals surface area contributed by atoms with Crippen molar-refractivity contribution in [1.29, 1.82) is 0 Å². The van der Waals surface area contributed by atoms with Crippen LogP contribution in [0, 0.1) is 0 Å². The average Bonchev–Trinajstić information content (AvgIpc) is 3.26. The summed E-state index contributed by atoms with van der Waals surface area (Å²) in [6.07, 6.45) is 1.56. The quantitative estimate of drug-likeness (QED) is 0.586. The third kappa shape index (κ3) is 2.87. The number of anilines is 1. The van der Waals surface area contributed by atoms with Crippen molar-refractivity contribution in [1.82, 2.24) is 29.9 Å². The Hall–Kier alpha value is -3.49. The lowest BCUT2D eigenvalue weighted by Gasteiger charge is -2.05. The molecule has 0 saturated carbocycles. The molecule has 0 unspecified atom stereocenters. The van der Waals surface area contributed by atoms with Gasteiger partial charge in [0.25, 0.3) is 0 Å². The fraction of sp³-hybridized carbons (Fsp3) is 0.188. The van der Waals surface area contributed by atoms with Crippen molar-refractivity contribution >= 4 is 17.1 Å². The van der Waals surface area contributed by atoms with Gasteiger partial charge in [0, 0.05) is 6.07 Å². The molecule has 4 aromatic rings. The van der Waals surface area contributed by atoms with E-state index in [4.69, 9.17) is 14.9 Å². The number of rotatable bonds is 5. The molecule has 0 fully saturated rings. The minimum absolute atomic E-state index is 0.124. The van der Waals surface area contributed by atoms with E-state index in [1.165, 1.54) is 0 Å². The van der Waals surface area contributed by atoms with Gasteiger partial charge in [-0.05, 0) is 25.1 Å². The number of aromatic nitrogens is 6. The third-order valence-electron chi connectivity index (χ3n) is 3.52. The van der Waals surface area contributed by atoms with E-state index in [1.54, 1.807) is 23.1 Å². The molecule has 9 heteroatoms. The number of furan rings is 1. The molecule has 0 spiro atoms. The molecule has 2 N–H and O–H groups in total. The Kier molecular flexibility index (Phi) is 3.73. The average molecular weight is 337 g/mol. The van der Waals surface area contributed by atoms with E-state index in [1.807, 2.05) is 25.1 Å². The topological polar surface area (TPSA) is 118 Å². The lowest BCUT2D eigenvalue weighted by atomic mass is 10.3. The van der Waals surface area contributed by atoms with Crippen LogP contribution in [0.4, 0.5) is 5.95 Å². The van der Waals surface area contributed by atoms with Gasteiger partial charge in [-0.2, -0.15) is 4.98 Å². The van der Waals surface area contributed by atoms with Crippen LogP contribution in [0.5, 0.6) is 5.88 Å². The maximum Gasteiger partial charge on any atom is 0.222 e. The summed E-state index contributed by atoms with van der Waals surface area (Å²) in [5, 5.41) is 8.35. The second kappa shape index (κ2) is 6.19. The summed E-state index contributed by atoms with van der Waals surface area (Å²) in [5.41, 5.74) is 8.16. The Morgan fingerprint density at radius 1 is 1.16 bits per heavy atom. The maximum atomic E-state index is 5.85. The van der Waals surface area contributed by atoms with E-state index < -0.39 is 0 Å². The lowest BCUT2D eigenvalue weighted by Crippen LogP contribution is -2.07. The second-order valence-corrected chi connectivity index (χ2v) is 5.23. The van der Waals surface area contributed by atoms with Crippen molar-refractivity contribution in [2.24, 2.45) is 0 Å². The monoisotopic (exact) mass is 337 g/mol. The van der Waals surface area contributed by atoms with Gasteiger partial charge in [-0.3, -0.25) is 0 Å². The van der Waals surface area contributed by atoms with Crippen molar-refractivity contribution < 1.29 is 9.15 Å². The summed E-state index contributed by atoms with van der Waals surface area (Å²) < 4.78 is 12.4. The van der Waals surface area contributed by atoms with Gasteiger partial charge in [-0.15, -0.1) is 5.10 Å². The largest absolute Gasteiger partial charge is 0.478 e. The number of nitrogens with two attached hydrogens (primary N) is 1. The number of ether oxygens (including phenoxy) is 1. The molecule has 126 valence electrons. The Morgan fingerprint density at radius 2 is 2.08 bits per heavy atom. The number of hydrogen-bond acceptors (Lipinski definition) is 8. The van der Waals surface area contributed by atoms with Gasteiger partial charge < -0.3 is 14.9 Å². The van der Waals surface area contributed by atoms with E-state index in [-0.39, 0.29) is 5.95 Å². The van der Waals surface area contributed by atoms with Gasteiger partial charge in [-0.1, -0.05) is 11.3 Å². The highest BCUT2D eigenvalue weighted by atomic mass is 16.5. The summed E-state index contributed by atoms with van der Waals surface area (Å²) in [7, 11) is 0. The molecule has 0 radical (unpaired) electrons. The molecule has 4 heterocycles. The zero-order valence-electron chi connectivity index (χ0n) is 13.5. The number of fused-ring (bicyclic) bond motifs is 1. The van der Waals surface area contributed by atoms with Gasteiger partial charge in [0.05, 0.1) is 25.1 Å². The van der Waals surface area contributed by atoms with E-state index in [9.17, 15) is 0 Å². The highest BCUT2D eigenvalue weighted by Gasteiger charge is 2.17. The predicted molar refractivity (Wildman–Crippen MR) is 89.7 cm³/mol. The second-order valence-electron chi connectivity index (χ2n) is 5.23. The van der Waals surface area contributed by atoms with Crippen molar-refractivity contribution in [3.8, 4) is 17.3 Å². The minimum Gasteiger partial charge on any atom is -0.478 e. The summed E-state index contributed by atoms with van der Waals surface area (Å²) in [6.45, 7) is 2.85. The Bertz CT molecular complexity index is 1010. The highest BCUT2D eigenvalue weighted by Crippen LogP contribution is 2.25. The number of nitrogen functional groups attached to an aromatic ring is 1. The molecule has 0 aromatic carbocycles. The van der Waals surface area contributed by atoms with Crippen LogP contribution in [-0.4, -0.2) is 36.6 Å². The van der Waals surface area contributed by atoms with Crippen LogP contribution in [0.15, 0.2) is 41.0 Å².